The lowest BCUT2D eigenvalue weighted by atomic mass is 10.1. The highest BCUT2D eigenvalue weighted by molar-refractivity contribution is 6.01. The summed E-state index contributed by atoms with van der Waals surface area (Å²) in [6.07, 6.45) is 3.48. The third-order valence-corrected chi connectivity index (χ3v) is 3.85. The maximum Gasteiger partial charge on any atom is 0.124 e. The van der Waals surface area contributed by atoms with Gasteiger partial charge in [-0.2, -0.15) is 0 Å². The van der Waals surface area contributed by atoms with E-state index in [1.54, 1.807) is 0 Å². The van der Waals surface area contributed by atoms with Crippen LogP contribution >= 0.6 is 0 Å². The number of rotatable bonds is 2. The number of anilines is 2. The van der Waals surface area contributed by atoms with Gasteiger partial charge in [-0.25, -0.2) is 0 Å². The molecule has 0 saturated carbocycles. The lowest BCUT2D eigenvalue weighted by Crippen LogP contribution is -2.22. The minimum Gasteiger partial charge on any atom is -0.384 e. The van der Waals surface area contributed by atoms with Gasteiger partial charge < -0.3 is 10.6 Å². The van der Waals surface area contributed by atoms with Gasteiger partial charge in [-0.3, -0.25) is 5.41 Å². The topological polar surface area (TPSA) is 53.1 Å². The van der Waals surface area contributed by atoms with Crippen molar-refractivity contribution in [2.75, 3.05) is 11.4 Å². The molecule has 3 heteroatoms. The number of para-hydroxylation sites is 2. The number of benzene rings is 2. The second kappa shape index (κ2) is 5.37. The Kier molecular flexibility index (Phi) is 3.42. The Hall–Kier alpha value is -2.29. The minimum atomic E-state index is 0.127. The van der Waals surface area contributed by atoms with Crippen molar-refractivity contribution in [1.82, 2.24) is 0 Å². The molecule has 1 aliphatic heterocycles. The summed E-state index contributed by atoms with van der Waals surface area (Å²) < 4.78 is 0. The van der Waals surface area contributed by atoms with Crippen LogP contribution in [0.5, 0.6) is 0 Å². The fourth-order valence-electron chi connectivity index (χ4n) is 2.88. The molecule has 0 aliphatic carbocycles. The summed E-state index contributed by atoms with van der Waals surface area (Å²) in [5.41, 5.74) is 10.2. The van der Waals surface area contributed by atoms with Gasteiger partial charge in [-0.05, 0) is 43.0 Å². The normalized spacial score (nSPS) is 14.5. The van der Waals surface area contributed by atoms with Crippen molar-refractivity contribution >= 4 is 17.2 Å². The first-order chi connectivity index (χ1) is 9.77. The van der Waals surface area contributed by atoms with E-state index in [-0.39, 0.29) is 5.84 Å². The van der Waals surface area contributed by atoms with E-state index in [0.717, 1.165) is 30.6 Å². The highest BCUT2D eigenvalue weighted by Crippen LogP contribution is 2.34. The molecule has 1 aliphatic rings. The molecule has 2 aromatic rings. The number of nitrogens with two attached hydrogens (primary N) is 1. The number of aryl methyl sites for hydroxylation is 1. The van der Waals surface area contributed by atoms with Crippen LogP contribution in [0.3, 0.4) is 0 Å². The molecule has 0 unspecified atom stereocenters. The average Bonchev–Trinajstić information content (AvgIpc) is 2.69. The molecule has 20 heavy (non-hydrogen) atoms. The Morgan fingerprint density at radius 2 is 1.65 bits per heavy atom. The predicted molar refractivity (Wildman–Crippen MR) is 83.8 cm³/mol. The van der Waals surface area contributed by atoms with Crippen LogP contribution < -0.4 is 10.6 Å². The molecule has 0 radical (unpaired) electrons. The van der Waals surface area contributed by atoms with Crippen molar-refractivity contribution in [3.63, 3.8) is 0 Å². The zero-order valence-corrected chi connectivity index (χ0v) is 11.5. The summed E-state index contributed by atoms with van der Waals surface area (Å²) in [5.74, 6) is 0.127. The van der Waals surface area contributed by atoms with Crippen LogP contribution in [0.15, 0.2) is 48.5 Å². The lowest BCUT2D eigenvalue weighted by molar-refractivity contribution is 0.761. The van der Waals surface area contributed by atoms with Crippen LogP contribution in [0.1, 0.15) is 24.0 Å². The van der Waals surface area contributed by atoms with Gasteiger partial charge in [0.1, 0.15) is 5.84 Å². The van der Waals surface area contributed by atoms with Gasteiger partial charge in [0, 0.05) is 17.8 Å². The zero-order chi connectivity index (χ0) is 13.9. The van der Waals surface area contributed by atoms with Crippen LogP contribution in [0.25, 0.3) is 0 Å². The summed E-state index contributed by atoms with van der Waals surface area (Å²) in [6.45, 7) is 0.974. The summed E-state index contributed by atoms with van der Waals surface area (Å²) in [4.78, 5) is 2.30. The molecule has 0 amide bonds. The van der Waals surface area contributed by atoms with Gasteiger partial charge in [-0.15, -0.1) is 0 Å². The first-order valence-corrected chi connectivity index (χ1v) is 7.06. The molecular weight excluding hydrogens is 246 g/mol. The van der Waals surface area contributed by atoms with Crippen molar-refractivity contribution < 1.29 is 0 Å². The van der Waals surface area contributed by atoms with Gasteiger partial charge in [0.25, 0.3) is 0 Å². The summed E-state index contributed by atoms with van der Waals surface area (Å²) in [5, 5.41) is 7.78. The number of amidine groups is 1. The van der Waals surface area contributed by atoms with Crippen molar-refractivity contribution in [2.24, 2.45) is 5.73 Å². The van der Waals surface area contributed by atoms with Gasteiger partial charge in [-0.1, -0.05) is 30.3 Å². The number of nitrogen functional groups attached to an aromatic ring is 1. The second-order valence-corrected chi connectivity index (χ2v) is 5.17. The Labute approximate surface area is 119 Å². The predicted octanol–water partition coefficient (Wildman–Crippen LogP) is 3.45. The van der Waals surface area contributed by atoms with Crippen LogP contribution in [0, 0.1) is 5.41 Å². The molecule has 0 aromatic heterocycles. The number of nitrogens with one attached hydrogen (secondary N) is 1. The molecule has 3 nitrogen and oxygen atoms in total. The van der Waals surface area contributed by atoms with Gasteiger partial charge >= 0.3 is 0 Å². The van der Waals surface area contributed by atoms with E-state index in [9.17, 15) is 0 Å². The summed E-state index contributed by atoms with van der Waals surface area (Å²) in [7, 11) is 0. The van der Waals surface area contributed by atoms with Crippen molar-refractivity contribution in [3.05, 3.63) is 59.7 Å². The van der Waals surface area contributed by atoms with Crippen molar-refractivity contribution in [3.8, 4) is 0 Å². The van der Waals surface area contributed by atoms with Gasteiger partial charge in [0.05, 0.1) is 5.69 Å². The highest BCUT2D eigenvalue weighted by Gasteiger charge is 2.19. The molecule has 2 aromatic carbocycles. The Morgan fingerprint density at radius 3 is 2.45 bits per heavy atom. The van der Waals surface area contributed by atoms with Crippen LogP contribution in [0.2, 0.25) is 0 Å². The maximum absolute atomic E-state index is 7.78. The molecule has 3 N–H and O–H groups in total. The second-order valence-electron chi connectivity index (χ2n) is 5.17. The number of hydrogen-bond acceptors (Lipinski definition) is 2. The Bertz CT molecular complexity index is 634. The maximum atomic E-state index is 7.78. The minimum absolute atomic E-state index is 0.127. The fraction of sp³-hybridized carbons (Fsp3) is 0.235. The van der Waals surface area contributed by atoms with E-state index < -0.39 is 0 Å². The standard InChI is InChI=1S/C17H19N3/c18-17(19)14-9-2-4-11-16(14)20-12-6-5-8-13-7-1-3-10-15(13)20/h1-4,7,9-11H,5-6,8,12H2,(H3,18,19). The Morgan fingerprint density at radius 1 is 0.950 bits per heavy atom. The summed E-state index contributed by atoms with van der Waals surface area (Å²) in [6, 6.07) is 16.5. The number of nitrogens with zero attached hydrogens (tertiary/aromatic N) is 1. The molecule has 102 valence electrons. The highest BCUT2D eigenvalue weighted by atomic mass is 15.1. The van der Waals surface area contributed by atoms with E-state index >= 15 is 0 Å². The van der Waals surface area contributed by atoms with Crippen molar-refractivity contribution in [2.45, 2.75) is 19.3 Å². The zero-order valence-electron chi connectivity index (χ0n) is 11.5. The first kappa shape index (κ1) is 12.7. The van der Waals surface area contributed by atoms with E-state index in [0.29, 0.717) is 0 Å². The molecular formula is C17H19N3. The monoisotopic (exact) mass is 265 g/mol. The Balaban J connectivity index is 2.13. The molecule has 0 saturated heterocycles. The van der Waals surface area contributed by atoms with Gasteiger partial charge in [0.2, 0.25) is 0 Å². The van der Waals surface area contributed by atoms with Gasteiger partial charge in [0.15, 0.2) is 0 Å². The van der Waals surface area contributed by atoms with Crippen LogP contribution in [-0.2, 0) is 6.42 Å². The average molecular weight is 265 g/mol. The molecule has 1 heterocycles. The first-order valence-electron chi connectivity index (χ1n) is 7.06. The SMILES string of the molecule is N=C(N)c1ccccc1N1CCCCc2ccccc21. The smallest absolute Gasteiger partial charge is 0.124 e. The molecule has 0 atom stereocenters. The molecule has 0 bridgehead atoms. The van der Waals surface area contributed by atoms with E-state index in [4.69, 9.17) is 11.1 Å². The van der Waals surface area contributed by atoms with Crippen LogP contribution in [-0.4, -0.2) is 12.4 Å². The van der Waals surface area contributed by atoms with E-state index in [2.05, 4.69) is 35.2 Å². The van der Waals surface area contributed by atoms with E-state index in [1.165, 1.54) is 17.7 Å². The number of hydrogen-bond donors (Lipinski definition) is 2. The van der Waals surface area contributed by atoms with Crippen LogP contribution in [0.4, 0.5) is 11.4 Å². The molecule has 0 fully saturated rings. The molecule has 0 spiro atoms. The molecule has 3 rings (SSSR count). The third-order valence-electron chi connectivity index (χ3n) is 3.85. The number of fused-ring (bicyclic) bond motifs is 1. The largest absolute Gasteiger partial charge is 0.384 e. The summed E-state index contributed by atoms with van der Waals surface area (Å²) >= 11 is 0. The van der Waals surface area contributed by atoms with Crippen molar-refractivity contribution in [1.29, 1.82) is 5.41 Å². The quantitative estimate of drug-likeness (QED) is 0.645. The fourth-order valence-corrected chi connectivity index (χ4v) is 2.88. The van der Waals surface area contributed by atoms with E-state index in [1.807, 2.05) is 18.2 Å². The lowest BCUT2D eigenvalue weighted by Gasteiger charge is -2.27. The third kappa shape index (κ3) is 2.27.